The molecule has 0 aliphatic rings. The minimum Gasteiger partial charge on any atom is -0.482 e. The first kappa shape index (κ1) is 17.9. The molecule has 0 aromatic heterocycles. The molecule has 130 valence electrons. The third kappa shape index (κ3) is 5.31. The van der Waals surface area contributed by atoms with Gasteiger partial charge in [-0.3, -0.25) is 14.9 Å². The Morgan fingerprint density at radius 1 is 1.04 bits per heavy atom. The van der Waals surface area contributed by atoms with E-state index in [0.717, 1.165) is 0 Å². The van der Waals surface area contributed by atoms with Crippen LogP contribution in [0.3, 0.4) is 0 Å². The molecule has 2 rings (SSSR count). The maximum Gasteiger partial charge on any atom is 0.344 e. The highest BCUT2D eigenvalue weighted by atomic mass is 16.6. The average Bonchev–Trinajstić information content (AvgIpc) is 2.64. The largest absolute Gasteiger partial charge is 0.482 e. The summed E-state index contributed by atoms with van der Waals surface area (Å²) in [6.45, 7) is -0.812. The molecular weight excluding hydrogens is 328 g/mol. The van der Waals surface area contributed by atoms with Gasteiger partial charge in [-0.25, -0.2) is 4.79 Å². The van der Waals surface area contributed by atoms with Gasteiger partial charge in [0, 0.05) is 24.9 Å². The molecule has 0 unspecified atom stereocenters. The van der Waals surface area contributed by atoms with Gasteiger partial charge in [-0.2, -0.15) is 0 Å². The molecule has 0 fully saturated rings. The Morgan fingerprint density at radius 2 is 1.68 bits per heavy atom. The normalized spacial score (nSPS) is 9.96. The summed E-state index contributed by atoms with van der Waals surface area (Å²) in [6, 6.07) is 14.2. The first-order valence-electron chi connectivity index (χ1n) is 7.32. The molecular formula is C17H16N2O6. The number of para-hydroxylation sites is 1. The molecule has 0 N–H and O–H groups in total. The van der Waals surface area contributed by atoms with E-state index in [1.165, 1.54) is 29.2 Å². The highest BCUT2D eigenvalue weighted by molar-refractivity contribution is 5.94. The Hall–Kier alpha value is -3.42. The van der Waals surface area contributed by atoms with Crippen LogP contribution in [0.15, 0.2) is 54.6 Å². The third-order valence-electron chi connectivity index (χ3n) is 3.28. The number of carbonyl (C=O) groups excluding carboxylic acids is 2. The summed E-state index contributed by atoms with van der Waals surface area (Å²) in [5.74, 6) is -0.807. The lowest BCUT2D eigenvalue weighted by atomic mass is 10.3. The van der Waals surface area contributed by atoms with Gasteiger partial charge in [-0.05, 0) is 24.3 Å². The molecule has 0 saturated carbocycles. The topological polar surface area (TPSA) is 99.0 Å². The van der Waals surface area contributed by atoms with E-state index in [0.29, 0.717) is 5.69 Å². The summed E-state index contributed by atoms with van der Waals surface area (Å²) in [7, 11) is 1.58. The summed E-state index contributed by atoms with van der Waals surface area (Å²) >= 11 is 0. The monoisotopic (exact) mass is 344 g/mol. The Labute approximate surface area is 143 Å². The number of hydrogen-bond acceptors (Lipinski definition) is 6. The number of hydrogen-bond donors (Lipinski definition) is 0. The Morgan fingerprint density at radius 3 is 2.28 bits per heavy atom. The fraction of sp³-hybridized carbons (Fsp3) is 0.176. The quantitative estimate of drug-likeness (QED) is 0.434. The number of nitro benzene ring substituents is 1. The van der Waals surface area contributed by atoms with Crippen molar-refractivity contribution in [2.24, 2.45) is 0 Å². The lowest BCUT2D eigenvalue weighted by Crippen LogP contribution is -2.31. The Balaban J connectivity index is 1.76. The summed E-state index contributed by atoms with van der Waals surface area (Å²) < 4.78 is 10.0. The van der Waals surface area contributed by atoms with Crippen molar-refractivity contribution >= 4 is 23.3 Å². The number of anilines is 1. The van der Waals surface area contributed by atoms with Gasteiger partial charge in [0.15, 0.2) is 13.2 Å². The predicted octanol–water partition coefficient (Wildman–Crippen LogP) is 2.18. The van der Waals surface area contributed by atoms with Crippen molar-refractivity contribution < 1.29 is 24.0 Å². The van der Waals surface area contributed by atoms with E-state index in [-0.39, 0.29) is 17.3 Å². The minimum absolute atomic E-state index is 0.0792. The number of benzene rings is 2. The minimum atomic E-state index is -0.715. The highest BCUT2D eigenvalue weighted by Crippen LogP contribution is 2.17. The number of ether oxygens (including phenoxy) is 2. The van der Waals surface area contributed by atoms with Crippen LogP contribution in [-0.4, -0.2) is 37.1 Å². The molecule has 25 heavy (non-hydrogen) atoms. The number of nitro groups is 1. The van der Waals surface area contributed by atoms with Crippen molar-refractivity contribution in [1.82, 2.24) is 0 Å². The van der Waals surface area contributed by atoms with Crippen LogP contribution in [0.2, 0.25) is 0 Å². The van der Waals surface area contributed by atoms with Crippen LogP contribution in [0.1, 0.15) is 0 Å². The average molecular weight is 344 g/mol. The van der Waals surface area contributed by atoms with E-state index in [1.54, 1.807) is 31.3 Å². The molecule has 1 amide bonds. The molecule has 0 atom stereocenters. The maximum absolute atomic E-state index is 12.0. The number of non-ortho nitro benzene ring substituents is 1. The second-order valence-electron chi connectivity index (χ2n) is 4.99. The van der Waals surface area contributed by atoms with Gasteiger partial charge in [0.25, 0.3) is 11.6 Å². The zero-order valence-corrected chi connectivity index (χ0v) is 13.5. The van der Waals surface area contributed by atoms with Gasteiger partial charge in [0.2, 0.25) is 0 Å². The molecule has 0 aliphatic heterocycles. The van der Waals surface area contributed by atoms with E-state index in [4.69, 9.17) is 9.47 Å². The van der Waals surface area contributed by atoms with Gasteiger partial charge < -0.3 is 14.4 Å². The highest BCUT2D eigenvalue weighted by Gasteiger charge is 2.14. The van der Waals surface area contributed by atoms with Crippen molar-refractivity contribution in [2.75, 3.05) is 25.2 Å². The maximum atomic E-state index is 12.0. The van der Waals surface area contributed by atoms with E-state index < -0.39 is 24.1 Å². The zero-order chi connectivity index (χ0) is 18.2. The van der Waals surface area contributed by atoms with Crippen LogP contribution in [0, 0.1) is 10.1 Å². The number of rotatable bonds is 7. The van der Waals surface area contributed by atoms with Gasteiger partial charge in [-0.15, -0.1) is 0 Å². The standard InChI is InChI=1S/C17H16N2O6/c1-18(13-5-3-2-4-6-13)16(20)11-25-17(21)12-24-15-9-7-14(8-10-15)19(22)23/h2-10H,11-12H2,1H3. The fourth-order valence-corrected chi connectivity index (χ4v) is 1.88. The number of carbonyl (C=O) groups is 2. The van der Waals surface area contributed by atoms with Gasteiger partial charge in [0.05, 0.1) is 4.92 Å². The summed E-state index contributed by atoms with van der Waals surface area (Å²) in [5, 5.41) is 10.5. The van der Waals surface area contributed by atoms with Gasteiger partial charge >= 0.3 is 5.97 Å². The van der Waals surface area contributed by atoms with Crippen molar-refractivity contribution in [3.8, 4) is 5.75 Å². The zero-order valence-electron chi connectivity index (χ0n) is 13.5. The molecule has 0 radical (unpaired) electrons. The van der Waals surface area contributed by atoms with Crippen molar-refractivity contribution in [3.05, 3.63) is 64.7 Å². The summed E-state index contributed by atoms with van der Waals surface area (Å²) in [6.07, 6.45) is 0. The number of likely N-dealkylation sites (N-methyl/N-ethyl adjacent to an activating group) is 1. The van der Waals surface area contributed by atoms with Gasteiger partial charge in [-0.1, -0.05) is 18.2 Å². The summed E-state index contributed by atoms with van der Waals surface area (Å²) in [4.78, 5) is 35.0. The lowest BCUT2D eigenvalue weighted by Gasteiger charge is -2.17. The Kier molecular flexibility index (Phi) is 6.05. The predicted molar refractivity (Wildman–Crippen MR) is 89.4 cm³/mol. The van der Waals surface area contributed by atoms with Crippen LogP contribution >= 0.6 is 0 Å². The van der Waals surface area contributed by atoms with E-state index >= 15 is 0 Å². The van der Waals surface area contributed by atoms with Crippen LogP contribution in [0.4, 0.5) is 11.4 Å². The molecule has 2 aromatic rings. The molecule has 0 spiro atoms. The van der Waals surface area contributed by atoms with Crippen LogP contribution in [0.5, 0.6) is 5.75 Å². The first-order valence-corrected chi connectivity index (χ1v) is 7.32. The lowest BCUT2D eigenvalue weighted by molar-refractivity contribution is -0.384. The second kappa shape index (κ2) is 8.44. The van der Waals surface area contributed by atoms with Crippen LogP contribution < -0.4 is 9.64 Å². The number of esters is 1. The van der Waals surface area contributed by atoms with Crippen LogP contribution in [0.25, 0.3) is 0 Å². The molecule has 0 heterocycles. The van der Waals surface area contributed by atoms with Crippen molar-refractivity contribution in [2.45, 2.75) is 0 Å². The Bertz CT molecular complexity index is 745. The third-order valence-corrected chi connectivity index (χ3v) is 3.28. The molecule has 8 nitrogen and oxygen atoms in total. The molecule has 0 aliphatic carbocycles. The van der Waals surface area contributed by atoms with E-state index in [2.05, 4.69) is 0 Å². The number of nitrogens with zero attached hydrogens (tertiary/aromatic N) is 2. The smallest absolute Gasteiger partial charge is 0.344 e. The van der Waals surface area contributed by atoms with Crippen LogP contribution in [-0.2, 0) is 14.3 Å². The second-order valence-corrected chi connectivity index (χ2v) is 4.99. The summed E-state index contributed by atoms with van der Waals surface area (Å²) in [5.41, 5.74) is 0.607. The fourth-order valence-electron chi connectivity index (χ4n) is 1.88. The van der Waals surface area contributed by atoms with Crippen molar-refractivity contribution in [3.63, 3.8) is 0 Å². The molecule has 8 heteroatoms. The molecule has 0 saturated heterocycles. The molecule has 0 bridgehead atoms. The molecule has 2 aromatic carbocycles. The SMILES string of the molecule is CN(C(=O)COC(=O)COc1ccc([N+](=O)[O-])cc1)c1ccccc1. The van der Waals surface area contributed by atoms with Gasteiger partial charge in [0.1, 0.15) is 5.75 Å². The van der Waals surface area contributed by atoms with Crippen molar-refractivity contribution in [1.29, 1.82) is 0 Å². The number of amides is 1. The first-order chi connectivity index (χ1) is 12.0. The van der Waals surface area contributed by atoms with E-state index in [9.17, 15) is 19.7 Å². The van der Waals surface area contributed by atoms with E-state index in [1.807, 2.05) is 6.07 Å².